The molecule has 0 aromatic heterocycles. The molecule has 0 bridgehead atoms. The number of amides is 2. The quantitative estimate of drug-likeness (QED) is 0.322. The highest BCUT2D eigenvalue weighted by Crippen LogP contribution is 2.28. The van der Waals surface area contributed by atoms with Crippen molar-refractivity contribution in [1.29, 1.82) is 0 Å². The van der Waals surface area contributed by atoms with E-state index in [1.165, 1.54) is 4.90 Å². The maximum absolute atomic E-state index is 13.3. The first-order chi connectivity index (χ1) is 15.7. The van der Waals surface area contributed by atoms with Gasteiger partial charge in [-0.15, -0.1) is 0 Å². The molecule has 0 aliphatic carbocycles. The molecule has 0 saturated carbocycles. The van der Waals surface area contributed by atoms with Gasteiger partial charge in [-0.1, -0.05) is 65.5 Å². The highest BCUT2D eigenvalue weighted by Gasteiger charge is 2.30. The van der Waals surface area contributed by atoms with E-state index in [1.54, 1.807) is 18.2 Å². The molecule has 0 spiro atoms. The van der Waals surface area contributed by atoms with Crippen LogP contribution in [0.5, 0.6) is 5.75 Å². The second-order valence-electron chi connectivity index (χ2n) is 7.95. The van der Waals surface area contributed by atoms with E-state index in [0.717, 1.165) is 28.4 Å². The number of carbonyl (C=O) groups is 2. The average molecular weight is 558 g/mol. The molecule has 2 aromatic carbocycles. The second-order valence-corrected chi connectivity index (χ2v) is 9.56. The maximum Gasteiger partial charge on any atom is 0.261 e. The minimum atomic E-state index is -0.668. The first kappa shape index (κ1) is 27.5. The van der Waals surface area contributed by atoms with Gasteiger partial charge < -0.3 is 15.0 Å². The molecule has 33 heavy (non-hydrogen) atoms. The van der Waals surface area contributed by atoms with Crippen LogP contribution in [0.3, 0.4) is 0 Å². The summed E-state index contributed by atoms with van der Waals surface area (Å²) in [5.74, 6) is 0.0808. The van der Waals surface area contributed by atoms with Gasteiger partial charge in [-0.2, -0.15) is 0 Å². The molecule has 0 fully saturated rings. The van der Waals surface area contributed by atoms with Crippen LogP contribution in [0.4, 0.5) is 0 Å². The summed E-state index contributed by atoms with van der Waals surface area (Å²) in [5.41, 5.74) is 2.63. The fourth-order valence-electron chi connectivity index (χ4n) is 3.50. The van der Waals surface area contributed by atoms with Gasteiger partial charge in [-0.3, -0.25) is 9.59 Å². The third-order valence-electron chi connectivity index (χ3n) is 5.38. The fourth-order valence-corrected chi connectivity index (χ4v) is 4.24. The molecule has 0 radical (unpaired) electrons. The number of nitrogens with zero attached hydrogens (tertiary/aromatic N) is 1. The SMILES string of the molecule is CCCCNC(=O)C(CC)N(Cc1c(Cl)cccc1Cl)C(=O)COc1cc(C)c(Br)c(C)c1. The summed E-state index contributed by atoms with van der Waals surface area (Å²) in [4.78, 5) is 27.8. The van der Waals surface area contributed by atoms with Gasteiger partial charge in [0.2, 0.25) is 5.91 Å². The first-order valence-electron chi connectivity index (χ1n) is 11.1. The van der Waals surface area contributed by atoms with Gasteiger partial charge in [-0.25, -0.2) is 0 Å². The number of halogens is 3. The van der Waals surface area contributed by atoms with Crippen molar-refractivity contribution in [2.24, 2.45) is 0 Å². The van der Waals surface area contributed by atoms with E-state index in [2.05, 4.69) is 28.2 Å². The van der Waals surface area contributed by atoms with Crippen LogP contribution in [0, 0.1) is 13.8 Å². The van der Waals surface area contributed by atoms with Crippen LogP contribution in [0.2, 0.25) is 10.0 Å². The number of hydrogen-bond acceptors (Lipinski definition) is 3. The Morgan fingerprint density at radius 1 is 1.12 bits per heavy atom. The van der Waals surface area contributed by atoms with Crippen molar-refractivity contribution in [2.45, 2.75) is 59.5 Å². The lowest BCUT2D eigenvalue weighted by Gasteiger charge is -2.31. The number of ether oxygens (including phenoxy) is 1. The lowest BCUT2D eigenvalue weighted by molar-refractivity contribution is -0.143. The van der Waals surface area contributed by atoms with E-state index in [0.29, 0.717) is 34.3 Å². The molecule has 2 aromatic rings. The zero-order valence-corrected chi connectivity index (χ0v) is 22.6. The van der Waals surface area contributed by atoms with Crippen LogP contribution in [-0.4, -0.2) is 35.9 Å². The third kappa shape index (κ3) is 7.62. The van der Waals surface area contributed by atoms with Crippen molar-refractivity contribution in [2.75, 3.05) is 13.2 Å². The monoisotopic (exact) mass is 556 g/mol. The standard InChI is InChI=1S/C25H31BrCl2N2O3/c1-5-7-11-29-25(32)22(6-2)30(14-19-20(27)9-8-10-21(19)28)23(31)15-33-18-12-16(3)24(26)17(4)13-18/h8-10,12-13,22H,5-7,11,14-15H2,1-4H3,(H,29,32). The Morgan fingerprint density at radius 3 is 2.27 bits per heavy atom. The predicted molar refractivity (Wildman–Crippen MR) is 138 cm³/mol. The van der Waals surface area contributed by atoms with Crippen LogP contribution in [0.1, 0.15) is 49.8 Å². The normalized spacial score (nSPS) is 11.7. The van der Waals surface area contributed by atoms with Gasteiger partial charge in [0, 0.05) is 33.2 Å². The summed E-state index contributed by atoms with van der Waals surface area (Å²) < 4.78 is 6.83. The van der Waals surface area contributed by atoms with E-state index >= 15 is 0 Å². The van der Waals surface area contributed by atoms with Crippen LogP contribution in [-0.2, 0) is 16.1 Å². The van der Waals surface area contributed by atoms with Crippen molar-refractivity contribution in [3.63, 3.8) is 0 Å². The number of hydrogen-bond donors (Lipinski definition) is 1. The molecule has 0 aliphatic rings. The molecule has 0 saturated heterocycles. The molecular formula is C25H31BrCl2N2O3. The third-order valence-corrected chi connectivity index (χ3v) is 7.34. The highest BCUT2D eigenvalue weighted by molar-refractivity contribution is 9.10. The molecule has 2 rings (SSSR count). The molecule has 0 aliphatic heterocycles. The number of carbonyl (C=O) groups excluding carboxylic acids is 2. The van der Waals surface area contributed by atoms with E-state index in [9.17, 15) is 9.59 Å². The van der Waals surface area contributed by atoms with E-state index in [4.69, 9.17) is 27.9 Å². The minimum Gasteiger partial charge on any atom is -0.484 e. The summed E-state index contributed by atoms with van der Waals surface area (Å²) >= 11 is 16.3. The smallest absolute Gasteiger partial charge is 0.261 e. The molecule has 1 N–H and O–H groups in total. The van der Waals surface area contributed by atoms with E-state index in [-0.39, 0.29) is 25.0 Å². The fraction of sp³-hybridized carbons (Fsp3) is 0.440. The van der Waals surface area contributed by atoms with Gasteiger partial charge >= 0.3 is 0 Å². The van der Waals surface area contributed by atoms with Gasteiger partial charge in [0.1, 0.15) is 11.8 Å². The van der Waals surface area contributed by atoms with Gasteiger partial charge in [0.15, 0.2) is 6.61 Å². The van der Waals surface area contributed by atoms with Crippen molar-refractivity contribution in [3.05, 3.63) is 61.5 Å². The average Bonchev–Trinajstić information content (AvgIpc) is 2.77. The molecule has 0 heterocycles. The largest absolute Gasteiger partial charge is 0.484 e. The van der Waals surface area contributed by atoms with Gasteiger partial charge in [-0.05, 0) is 62.1 Å². The molecule has 5 nitrogen and oxygen atoms in total. The molecule has 8 heteroatoms. The maximum atomic E-state index is 13.3. The van der Waals surface area contributed by atoms with Crippen LogP contribution in [0.25, 0.3) is 0 Å². The van der Waals surface area contributed by atoms with Crippen molar-refractivity contribution in [1.82, 2.24) is 10.2 Å². The van der Waals surface area contributed by atoms with Gasteiger partial charge in [0.05, 0.1) is 0 Å². The molecule has 180 valence electrons. The molecule has 1 atom stereocenters. The Labute approximate surface area is 214 Å². The van der Waals surface area contributed by atoms with Crippen molar-refractivity contribution in [3.8, 4) is 5.75 Å². The van der Waals surface area contributed by atoms with Crippen molar-refractivity contribution >= 4 is 50.9 Å². The Balaban J connectivity index is 2.28. The number of rotatable bonds is 11. The zero-order valence-electron chi connectivity index (χ0n) is 19.5. The van der Waals surface area contributed by atoms with Crippen LogP contribution in [0.15, 0.2) is 34.8 Å². The Bertz CT molecular complexity index is 941. The van der Waals surface area contributed by atoms with E-state index in [1.807, 2.05) is 32.9 Å². The summed E-state index contributed by atoms with van der Waals surface area (Å²) in [6.45, 7) is 8.33. The van der Waals surface area contributed by atoms with Gasteiger partial charge in [0.25, 0.3) is 5.91 Å². The molecular weight excluding hydrogens is 527 g/mol. The van der Waals surface area contributed by atoms with E-state index < -0.39 is 6.04 Å². The second kappa shape index (κ2) is 13.2. The molecule has 1 unspecified atom stereocenters. The summed E-state index contributed by atoms with van der Waals surface area (Å²) in [6.07, 6.45) is 2.29. The zero-order chi connectivity index (χ0) is 24.5. The molecule has 2 amide bonds. The highest BCUT2D eigenvalue weighted by atomic mass is 79.9. The number of benzene rings is 2. The summed E-state index contributed by atoms with van der Waals surface area (Å²) in [6, 6.07) is 8.26. The van der Waals surface area contributed by atoms with Crippen LogP contribution >= 0.6 is 39.1 Å². The lowest BCUT2D eigenvalue weighted by Crippen LogP contribution is -2.50. The van der Waals surface area contributed by atoms with Crippen LogP contribution < -0.4 is 10.1 Å². The summed E-state index contributed by atoms with van der Waals surface area (Å²) in [7, 11) is 0. The Kier molecular flexibility index (Phi) is 11.0. The summed E-state index contributed by atoms with van der Waals surface area (Å²) in [5, 5.41) is 3.83. The number of nitrogens with one attached hydrogen (secondary N) is 1. The minimum absolute atomic E-state index is 0.110. The Morgan fingerprint density at radius 2 is 1.73 bits per heavy atom. The first-order valence-corrected chi connectivity index (χ1v) is 12.6. The lowest BCUT2D eigenvalue weighted by atomic mass is 10.1. The predicted octanol–water partition coefficient (Wildman–Crippen LogP) is 6.48. The topological polar surface area (TPSA) is 58.6 Å². The van der Waals surface area contributed by atoms with Crippen molar-refractivity contribution < 1.29 is 14.3 Å². The number of aryl methyl sites for hydroxylation is 2. The Hall–Kier alpha value is -1.76. The number of unbranched alkanes of at least 4 members (excludes halogenated alkanes) is 1.